The van der Waals surface area contributed by atoms with E-state index in [0.29, 0.717) is 12.5 Å². The maximum Gasteiger partial charge on any atom is 0.222 e. The second-order valence-corrected chi connectivity index (χ2v) is 5.41. The Hall–Kier alpha value is -1.55. The number of carbonyl (C=O) groups is 1. The van der Waals surface area contributed by atoms with Crippen LogP contribution in [0.1, 0.15) is 18.9 Å². The molecule has 4 heteroatoms. The molecule has 0 bridgehead atoms. The number of likely N-dealkylation sites (N-methyl/N-ethyl adjacent to an activating group) is 1. The summed E-state index contributed by atoms with van der Waals surface area (Å²) in [4.78, 5) is 16.5. The first kappa shape index (κ1) is 13.9. The Morgan fingerprint density at radius 3 is 2.63 bits per heavy atom. The lowest BCUT2D eigenvalue weighted by atomic mass is 10.1. The van der Waals surface area contributed by atoms with Crippen LogP contribution in [-0.4, -0.2) is 48.4 Å². The molecule has 1 unspecified atom stereocenters. The Morgan fingerprint density at radius 2 is 2.00 bits per heavy atom. The van der Waals surface area contributed by atoms with E-state index in [2.05, 4.69) is 18.9 Å². The van der Waals surface area contributed by atoms with Crippen LogP contribution >= 0.6 is 0 Å². The molecule has 19 heavy (non-hydrogen) atoms. The maximum absolute atomic E-state index is 12.2. The molecule has 1 heterocycles. The fourth-order valence-electron chi connectivity index (χ4n) is 2.37. The molecule has 1 atom stereocenters. The number of carbonyl (C=O) groups excluding carboxylic acids is 1. The number of hydrogen-bond acceptors (Lipinski definition) is 3. The SMILES string of the molecule is CC1CN(C(=O)CCc2ccc(N)cc2)CCN1C. The highest BCUT2D eigenvalue weighted by Crippen LogP contribution is 2.11. The van der Waals surface area contributed by atoms with Crippen LogP contribution in [0.15, 0.2) is 24.3 Å². The third-order valence-corrected chi connectivity index (χ3v) is 3.92. The molecule has 4 nitrogen and oxygen atoms in total. The van der Waals surface area contributed by atoms with Gasteiger partial charge in [-0.1, -0.05) is 12.1 Å². The lowest BCUT2D eigenvalue weighted by Crippen LogP contribution is -2.52. The molecule has 1 aliphatic heterocycles. The summed E-state index contributed by atoms with van der Waals surface area (Å²) < 4.78 is 0. The largest absolute Gasteiger partial charge is 0.399 e. The van der Waals surface area contributed by atoms with Gasteiger partial charge in [-0.3, -0.25) is 4.79 Å². The van der Waals surface area contributed by atoms with Crippen molar-refractivity contribution in [1.29, 1.82) is 0 Å². The fourth-order valence-corrected chi connectivity index (χ4v) is 2.37. The minimum absolute atomic E-state index is 0.261. The van der Waals surface area contributed by atoms with Crippen molar-refractivity contribution in [3.05, 3.63) is 29.8 Å². The van der Waals surface area contributed by atoms with Crippen molar-refractivity contribution in [2.75, 3.05) is 32.4 Å². The molecule has 1 amide bonds. The van der Waals surface area contributed by atoms with Crippen LogP contribution in [0, 0.1) is 0 Å². The van der Waals surface area contributed by atoms with Gasteiger partial charge in [0, 0.05) is 37.8 Å². The van der Waals surface area contributed by atoms with E-state index in [1.165, 1.54) is 5.56 Å². The summed E-state index contributed by atoms with van der Waals surface area (Å²) >= 11 is 0. The monoisotopic (exact) mass is 261 g/mol. The number of aryl methyl sites for hydroxylation is 1. The topological polar surface area (TPSA) is 49.6 Å². The predicted molar refractivity (Wildman–Crippen MR) is 77.8 cm³/mol. The average Bonchev–Trinajstić information content (AvgIpc) is 2.41. The third-order valence-electron chi connectivity index (χ3n) is 3.92. The Balaban J connectivity index is 1.83. The number of nitrogen functional groups attached to an aromatic ring is 1. The number of hydrogen-bond donors (Lipinski definition) is 1. The minimum atomic E-state index is 0.261. The number of rotatable bonds is 3. The first-order valence-electron chi connectivity index (χ1n) is 6.88. The Bertz CT molecular complexity index is 430. The van der Waals surface area contributed by atoms with Crippen LogP contribution in [0.3, 0.4) is 0 Å². The lowest BCUT2D eigenvalue weighted by molar-refractivity contribution is -0.133. The lowest BCUT2D eigenvalue weighted by Gasteiger charge is -2.37. The number of nitrogens with two attached hydrogens (primary N) is 1. The summed E-state index contributed by atoms with van der Waals surface area (Å²) in [6, 6.07) is 8.22. The molecule has 1 aromatic rings. The van der Waals surface area contributed by atoms with Gasteiger partial charge in [-0.05, 0) is 38.1 Å². The molecular formula is C15H23N3O. The van der Waals surface area contributed by atoms with E-state index in [0.717, 1.165) is 31.7 Å². The van der Waals surface area contributed by atoms with Gasteiger partial charge in [0.1, 0.15) is 0 Å². The normalized spacial score (nSPS) is 20.5. The molecule has 1 saturated heterocycles. The van der Waals surface area contributed by atoms with Crippen LogP contribution in [0.2, 0.25) is 0 Å². The Labute approximate surface area is 115 Å². The molecule has 2 rings (SSSR count). The van der Waals surface area contributed by atoms with Crippen LogP contribution in [-0.2, 0) is 11.2 Å². The molecule has 1 aromatic carbocycles. The molecule has 0 saturated carbocycles. The highest BCUT2D eigenvalue weighted by Gasteiger charge is 2.23. The summed E-state index contributed by atoms with van der Waals surface area (Å²) in [7, 11) is 2.11. The Morgan fingerprint density at radius 1 is 1.32 bits per heavy atom. The standard InChI is InChI=1S/C15H23N3O/c1-12-11-18(10-9-17(12)2)15(19)8-5-13-3-6-14(16)7-4-13/h3-4,6-7,12H,5,8-11,16H2,1-2H3. The van der Waals surface area contributed by atoms with Crippen LogP contribution < -0.4 is 5.73 Å². The zero-order valence-corrected chi connectivity index (χ0v) is 11.8. The molecule has 0 aromatic heterocycles. The van der Waals surface area contributed by atoms with Crippen LogP contribution in [0.5, 0.6) is 0 Å². The second-order valence-electron chi connectivity index (χ2n) is 5.41. The van der Waals surface area contributed by atoms with Gasteiger partial charge in [0.2, 0.25) is 5.91 Å². The predicted octanol–water partition coefficient (Wildman–Crippen LogP) is 1.36. The van der Waals surface area contributed by atoms with Gasteiger partial charge < -0.3 is 15.5 Å². The van der Waals surface area contributed by atoms with Crippen molar-refractivity contribution in [2.45, 2.75) is 25.8 Å². The summed E-state index contributed by atoms with van der Waals surface area (Å²) in [6.07, 6.45) is 1.38. The molecular weight excluding hydrogens is 238 g/mol. The smallest absolute Gasteiger partial charge is 0.222 e. The molecule has 1 fully saturated rings. The van der Waals surface area contributed by atoms with Gasteiger partial charge in [-0.25, -0.2) is 0 Å². The van der Waals surface area contributed by atoms with E-state index in [1.807, 2.05) is 29.2 Å². The Kier molecular flexibility index (Phi) is 4.43. The molecule has 0 spiro atoms. The highest BCUT2D eigenvalue weighted by molar-refractivity contribution is 5.76. The van der Waals surface area contributed by atoms with Gasteiger partial charge in [-0.2, -0.15) is 0 Å². The van der Waals surface area contributed by atoms with E-state index < -0.39 is 0 Å². The number of benzene rings is 1. The van der Waals surface area contributed by atoms with Crippen molar-refractivity contribution < 1.29 is 4.79 Å². The van der Waals surface area contributed by atoms with E-state index in [9.17, 15) is 4.79 Å². The van der Waals surface area contributed by atoms with E-state index in [1.54, 1.807) is 0 Å². The summed E-state index contributed by atoms with van der Waals surface area (Å²) in [6.45, 7) is 4.83. The van der Waals surface area contributed by atoms with Gasteiger partial charge in [0.15, 0.2) is 0 Å². The summed E-state index contributed by atoms with van der Waals surface area (Å²) in [5, 5.41) is 0. The number of amides is 1. The van der Waals surface area contributed by atoms with Crippen LogP contribution in [0.4, 0.5) is 5.69 Å². The van der Waals surface area contributed by atoms with E-state index in [4.69, 9.17) is 5.73 Å². The molecule has 0 aliphatic carbocycles. The third kappa shape index (κ3) is 3.70. The van der Waals surface area contributed by atoms with E-state index in [-0.39, 0.29) is 5.91 Å². The van der Waals surface area contributed by atoms with Crippen molar-refractivity contribution in [2.24, 2.45) is 0 Å². The van der Waals surface area contributed by atoms with Crippen molar-refractivity contribution >= 4 is 11.6 Å². The second kappa shape index (κ2) is 6.06. The maximum atomic E-state index is 12.2. The fraction of sp³-hybridized carbons (Fsp3) is 0.533. The van der Waals surface area contributed by atoms with Gasteiger partial charge >= 0.3 is 0 Å². The number of piperazine rings is 1. The molecule has 104 valence electrons. The van der Waals surface area contributed by atoms with Crippen LogP contribution in [0.25, 0.3) is 0 Å². The zero-order valence-electron chi connectivity index (χ0n) is 11.8. The number of anilines is 1. The van der Waals surface area contributed by atoms with E-state index >= 15 is 0 Å². The molecule has 2 N–H and O–H groups in total. The zero-order chi connectivity index (χ0) is 13.8. The first-order chi connectivity index (χ1) is 9.06. The van der Waals surface area contributed by atoms with Gasteiger partial charge in [0.05, 0.1) is 0 Å². The minimum Gasteiger partial charge on any atom is -0.399 e. The molecule has 1 aliphatic rings. The first-order valence-corrected chi connectivity index (χ1v) is 6.88. The van der Waals surface area contributed by atoms with Gasteiger partial charge in [0.25, 0.3) is 0 Å². The van der Waals surface area contributed by atoms with Crippen molar-refractivity contribution in [3.8, 4) is 0 Å². The average molecular weight is 261 g/mol. The quantitative estimate of drug-likeness (QED) is 0.836. The summed E-state index contributed by atoms with van der Waals surface area (Å²) in [5.41, 5.74) is 7.59. The van der Waals surface area contributed by atoms with Crippen molar-refractivity contribution in [1.82, 2.24) is 9.80 Å². The van der Waals surface area contributed by atoms with Crippen molar-refractivity contribution in [3.63, 3.8) is 0 Å². The summed E-state index contributed by atoms with van der Waals surface area (Å²) in [5.74, 6) is 0.261. The highest BCUT2D eigenvalue weighted by atomic mass is 16.2. The number of nitrogens with zero attached hydrogens (tertiary/aromatic N) is 2. The van der Waals surface area contributed by atoms with Gasteiger partial charge in [-0.15, -0.1) is 0 Å². The molecule has 0 radical (unpaired) electrons.